The first kappa shape index (κ1) is 19.6. The van der Waals surface area contributed by atoms with E-state index in [2.05, 4.69) is 0 Å². The van der Waals surface area contributed by atoms with E-state index in [9.17, 15) is 9.59 Å². The van der Waals surface area contributed by atoms with Crippen LogP contribution in [0.2, 0.25) is 0 Å². The molecule has 3 nitrogen and oxygen atoms in total. The number of hydrogen-bond acceptors (Lipinski definition) is 3. The van der Waals surface area contributed by atoms with Crippen LogP contribution in [0.1, 0.15) is 50.4 Å². The highest BCUT2D eigenvalue weighted by atomic mass is 16.5. The molecule has 0 aliphatic heterocycles. The Morgan fingerprint density at radius 2 is 1.81 bits per heavy atom. The van der Waals surface area contributed by atoms with E-state index in [0.29, 0.717) is 12.0 Å². The first-order chi connectivity index (χ1) is 12.5. The van der Waals surface area contributed by atoms with Gasteiger partial charge < -0.3 is 4.74 Å². The summed E-state index contributed by atoms with van der Waals surface area (Å²) in [5.41, 5.74) is 1.62. The van der Waals surface area contributed by atoms with Crippen LogP contribution in [0.15, 0.2) is 66.3 Å². The fourth-order valence-electron chi connectivity index (χ4n) is 2.78. The molecular weight excluding hydrogens is 324 g/mol. The highest BCUT2D eigenvalue weighted by Gasteiger charge is 2.17. The molecule has 1 atom stereocenters. The smallest absolute Gasteiger partial charge is 0.314 e. The predicted octanol–water partition coefficient (Wildman–Crippen LogP) is 5.65. The number of Topliss-reactive ketones (excluding diaryl/α,β-unsaturated/α-hetero) is 1. The minimum Gasteiger partial charge on any atom is -0.458 e. The third-order valence-corrected chi connectivity index (χ3v) is 4.03. The molecule has 0 saturated heterocycles. The second kappa shape index (κ2) is 9.71. The lowest BCUT2D eigenvalue weighted by molar-refractivity contribution is -0.145. The molecule has 2 rings (SSSR count). The number of esters is 1. The second-order valence-corrected chi connectivity index (χ2v) is 6.58. The lowest BCUT2D eigenvalue weighted by atomic mass is 10.0. The first-order valence-corrected chi connectivity index (χ1v) is 8.97. The fourth-order valence-corrected chi connectivity index (χ4v) is 2.78. The number of ether oxygens (including phenoxy) is 1. The summed E-state index contributed by atoms with van der Waals surface area (Å²) in [7, 11) is 0. The SMILES string of the molecule is CC=CCCC(C=C(C)C)OC(=O)CC(=O)c1ccc2ccccc2c1. The summed E-state index contributed by atoms with van der Waals surface area (Å²) >= 11 is 0. The van der Waals surface area contributed by atoms with Crippen molar-refractivity contribution in [1.82, 2.24) is 0 Å². The molecule has 26 heavy (non-hydrogen) atoms. The van der Waals surface area contributed by atoms with Crippen molar-refractivity contribution in [2.75, 3.05) is 0 Å². The predicted molar refractivity (Wildman–Crippen MR) is 106 cm³/mol. The molecule has 0 N–H and O–H groups in total. The zero-order valence-corrected chi connectivity index (χ0v) is 15.7. The van der Waals surface area contributed by atoms with Gasteiger partial charge in [-0.05, 0) is 56.5 Å². The summed E-state index contributed by atoms with van der Waals surface area (Å²) < 4.78 is 5.52. The van der Waals surface area contributed by atoms with E-state index >= 15 is 0 Å². The van der Waals surface area contributed by atoms with Crippen LogP contribution in [0, 0.1) is 0 Å². The molecule has 0 spiro atoms. The number of hydrogen-bond donors (Lipinski definition) is 0. The number of rotatable bonds is 8. The lowest BCUT2D eigenvalue weighted by Crippen LogP contribution is -2.19. The van der Waals surface area contributed by atoms with E-state index in [1.165, 1.54) is 0 Å². The minimum atomic E-state index is -0.480. The van der Waals surface area contributed by atoms with Crippen LogP contribution in [0.3, 0.4) is 0 Å². The molecule has 0 radical (unpaired) electrons. The number of carbonyl (C=O) groups excluding carboxylic acids is 2. The van der Waals surface area contributed by atoms with Crippen LogP contribution >= 0.6 is 0 Å². The van der Waals surface area contributed by atoms with Crippen molar-refractivity contribution in [2.45, 2.75) is 46.1 Å². The van der Waals surface area contributed by atoms with E-state index in [1.54, 1.807) is 6.07 Å². The highest BCUT2D eigenvalue weighted by molar-refractivity contribution is 6.07. The van der Waals surface area contributed by atoms with Crippen LogP contribution in [0.25, 0.3) is 10.8 Å². The van der Waals surface area contributed by atoms with Crippen molar-refractivity contribution in [1.29, 1.82) is 0 Å². The van der Waals surface area contributed by atoms with Gasteiger partial charge in [-0.25, -0.2) is 0 Å². The molecule has 0 heterocycles. The third kappa shape index (κ3) is 5.99. The molecule has 0 saturated carbocycles. The molecule has 0 amide bonds. The standard InChI is InChI=1S/C23H26O3/c1-4-5-6-11-21(14-17(2)3)26-23(25)16-22(24)20-13-12-18-9-7-8-10-19(18)15-20/h4-5,7-10,12-15,21H,6,11,16H2,1-3H3. The Hall–Kier alpha value is -2.68. The maximum Gasteiger partial charge on any atom is 0.314 e. The summed E-state index contributed by atoms with van der Waals surface area (Å²) in [6.07, 6.45) is 6.96. The van der Waals surface area contributed by atoms with Crippen LogP contribution in [-0.4, -0.2) is 17.9 Å². The highest BCUT2D eigenvalue weighted by Crippen LogP contribution is 2.17. The van der Waals surface area contributed by atoms with Gasteiger partial charge in [0, 0.05) is 5.56 Å². The van der Waals surface area contributed by atoms with Crippen molar-refractivity contribution >= 4 is 22.5 Å². The normalized spacial score (nSPS) is 12.1. The van der Waals surface area contributed by atoms with E-state index in [4.69, 9.17) is 4.74 Å². The Balaban J connectivity index is 2.01. The van der Waals surface area contributed by atoms with Gasteiger partial charge in [-0.3, -0.25) is 9.59 Å². The topological polar surface area (TPSA) is 43.4 Å². The molecule has 0 bridgehead atoms. The Kier molecular flexibility index (Phi) is 7.34. The van der Waals surface area contributed by atoms with Crippen LogP contribution in [-0.2, 0) is 9.53 Å². The quantitative estimate of drug-likeness (QED) is 0.267. The first-order valence-electron chi connectivity index (χ1n) is 8.97. The van der Waals surface area contributed by atoms with Crippen LogP contribution in [0.5, 0.6) is 0 Å². The van der Waals surface area contributed by atoms with E-state index in [1.807, 2.05) is 75.4 Å². The van der Waals surface area contributed by atoms with Gasteiger partial charge in [0.05, 0.1) is 0 Å². The molecule has 3 heteroatoms. The molecule has 0 aliphatic rings. The van der Waals surface area contributed by atoms with Gasteiger partial charge in [-0.1, -0.05) is 54.1 Å². The van der Waals surface area contributed by atoms with Crippen molar-refractivity contribution in [3.05, 3.63) is 71.8 Å². The Labute approximate surface area is 155 Å². The number of carbonyl (C=O) groups is 2. The maximum atomic E-state index is 12.4. The molecule has 2 aromatic carbocycles. The van der Waals surface area contributed by atoms with E-state index in [-0.39, 0.29) is 18.3 Å². The van der Waals surface area contributed by atoms with Gasteiger partial charge in [0.1, 0.15) is 12.5 Å². The summed E-state index contributed by atoms with van der Waals surface area (Å²) in [5.74, 6) is -0.698. The average molecular weight is 350 g/mol. The van der Waals surface area contributed by atoms with Gasteiger partial charge in [0.15, 0.2) is 5.78 Å². The van der Waals surface area contributed by atoms with Crippen LogP contribution in [0.4, 0.5) is 0 Å². The second-order valence-electron chi connectivity index (χ2n) is 6.58. The Morgan fingerprint density at radius 1 is 1.08 bits per heavy atom. The van der Waals surface area contributed by atoms with Crippen molar-refractivity contribution in [2.24, 2.45) is 0 Å². The Bertz CT molecular complexity index is 826. The molecule has 0 aromatic heterocycles. The molecule has 0 aliphatic carbocycles. The largest absolute Gasteiger partial charge is 0.458 e. The fraction of sp³-hybridized carbons (Fsp3) is 0.304. The molecule has 2 aromatic rings. The molecule has 0 fully saturated rings. The van der Waals surface area contributed by atoms with Crippen molar-refractivity contribution in [3.8, 4) is 0 Å². The molecule has 136 valence electrons. The van der Waals surface area contributed by atoms with Crippen molar-refractivity contribution < 1.29 is 14.3 Å². The number of ketones is 1. The van der Waals surface area contributed by atoms with Gasteiger partial charge >= 0.3 is 5.97 Å². The summed E-state index contributed by atoms with van der Waals surface area (Å²) in [5, 5.41) is 2.06. The van der Waals surface area contributed by atoms with E-state index < -0.39 is 5.97 Å². The Morgan fingerprint density at radius 3 is 2.50 bits per heavy atom. The van der Waals surface area contributed by atoms with Gasteiger partial charge in [-0.2, -0.15) is 0 Å². The summed E-state index contributed by atoms with van der Waals surface area (Å²) in [4.78, 5) is 24.7. The maximum absolute atomic E-state index is 12.4. The number of allylic oxidation sites excluding steroid dienone is 3. The summed E-state index contributed by atoms with van der Waals surface area (Å²) in [6.45, 7) is 5.90. The number of fused-ring (bicyclic) bond motifs is 1. The monoisotopic (exact) mass is 350 g/mol. The van der Waals surface area contributed by atoms with Crippen molar-refractivity contribution in [3.63, 3.8) is 0 Å². The van der Waals surface area contributed by atoms with Gasteiger partial charge in [-0.15, -0.1) is 0 Å². The minimum absolute atomic E-state index is 0.217. The third-order valence-electron chi connectivity index (χ3n) is 4.03. The summed E-state index contributed by atoms with van der Waals surface area (Å²) in [6, 6.07) is 13.3. The lowest BCUT2D eigenvalue weighted by Gasteiger charge is -2.14. The average Bonchev–Trinajstić information content (AvgIpc) is 2.60. The van der Waals surface area contributed by atoms with E-state index in [0.717, 1.165) is 22.8 Å². The van der Waals surface area contributed by atoms with Gasteiger partial charge in [0.2, 0.25) is 0 Å². The molecule has 1 unspecified atom stereocenters. The van der Waals surface area contributed by atoms with Gasteiger partial charge in [0.25, 0.3) is 0 Å². The zero-order chi connectivity index (χ0) is 18.9. The van der Waals surface area contributed by atoms with Crippen LogP contribution < -0.4 is 0 Å². The number of benzene rings is 2. The molecular formula is C23H26O3. The zero-order valence-electron chi connectivity index (χ0n) is 15.7.